The molecule has 7 nitrogen and oxygen atoms in total. The average molecular weight is 483 g/mol. The van der Waals surface area contributed by atoms with Gasteiger partial charge in [-0.25, -0.2) is 8.78 Å². The molecule has 4 rings (SSSR count). The van der Waals surface area contributed by atoms with Gasteiger partial charge in [0.25, 0.3) is 11.8 Å². The highest BCUT2D eigenvalue weighted by molar-refractivity contribution is 6.11. The van der Waals surface area contributed by atoms with Crippen molar-refractivity contribution < 1.29 is 40.7 Å². The lowest BCUT2D eigenvalue weighted by atomic mass is 10.0. The smallest absolute Gasteiger partial charge is 0.433 e. The van der Waals surface area contributed by atoms with Crippen molar-refractivity contribution in [2.24, 2.45) is 0 Å². The van der Waals surface area contributed by atoms with Crippen molar-refractivity contribution in [3.63, 3.8) is 0 Å². The third-order valence-corrected chi connectivity index (χ3v) is 5.36. The van der Waals surface area contributed by atoms with Gasteiger partial charge in [0.1, 0.15) is 17.9 Å². The Balaban J connectivity index is 1.61. The molecule has 12 heteroatoms. The van der Waals surface area contributed by atoms with Gasteiger partial charge in [0.15, 0.2) is 17.7 Å². The molecule has 1 unspecified atom stereocenters. The number of pyridine rings is 1. The quantitative estimate of drug-likeness (QED) is 0.407. The monoisotopic (exact) mass is 483 g/mol. The van der Waals surface area contributed by atoms with E-state index >= 15 is 0 Å². The second-order valence-corrected chi connectivity index (χ2v) is 7.67. The van der Waals surface area contributed by atoms with E-state index in [1.165, 1.54) is 30.3 Å². The number of benzene rings is 1. The fourth-order valence-electron chi connectivity index (χ4n) is 3.72. The van der Waals surface area contributed by atoms with Crippen LogP contribution in [0.25, 0.3) is 11.0 Å². The Morgan fingerprint density at radius 2 is 2.12 bits per heavy atom. The molecule has 1 saturated heterocycles. The van der Waals surface area contributed by atoms with Crippen LogP contribution in [0.5, 0.6) is 5.75 Å². The molecule has 1 atom stereocenters. The average Bonchev–Trinajstić information content (AvgIpc) is 3.16. The molecule has 1 aliphatic rings. The van der Waals surface area contributed by atoms with Crippen LogP contribution in [0.2, 0.25) is 0 Å². The van der Waals surface area contributed by atoms with Gasteiger partial charge >= 0.3 is 6.18 Å². The van der Waals surface area contributed by atoms with Crippen molar-refractivity contribution in [1.82, 2.24) is 15.6 Å². The highest BCUT2D eigenvalue weighted by Gasteiger charge is 2.43. The van der Waals surface area contributed by atoms with Crippen LogP contribution >= 0.6 is 0 Å². The number of furan rings is 1. The largest absolute Gasteiger partial charge is 0.489 e. The van der Waals surface area contributed by atoms with Crippen LogP contribution in [0.4, 0.5) is 22.0 Å². The minimum Gasteiger partial charge on any atom is -0.489 e. The summed E-state index contributed by atoms with van der Waals surface area (Å²) in [5, 5.41) is 4.90. The number of piperidine rings is 1. The number of aldehydes is 1. The Morgan fingerprint density at radius 1 is 1.32 bits per heavy atom. The number of nitrogens with zero attached hydrogens (tertiary/aromatic N) is 1. The highest BCUT2D eigenvalue weighted by Crippen LogP contribution is 2.33. The van der Waals surface area contributed by atoms with E-state index in [1.807, 2.05) is 0 Å². The van der Waals surface area contributed by atoms with Crippen molar-refractivity contribution >= 4 is 23.2 Å². The summed E-state index contributed by atoms with van der Waals surface area (Å²) in [4.78, 5) is 27.7. The van der Waals surface area contributed by atoms with Crippen LogP contribution in [0.1, 0.15) is 38.6 Å². The third kappa shape index (κ3) is 4.72. The molecule has 1 aliphatic heterocycles. The summed E-state index contributed by atoms with van der Waals surface area (Å²) < 4.78 is 78.5. The molecule has 3 aromatic rings. The first-order valence-corrected chi connectivity index (χ1v) is 10.1. The molecule has 0 spiro atoms. The lowest BCUT2D eigenvalue weighted by Gasteiger charge is -2.32. The highest BCUT2D eigenvalue weighted by atomic mass is 19.4. The minimum atomic E-state index is -4.67. The van der Waals surface area contributed by atoms with Gasteiger partial charge in [-0.3, -0.25) is 14.6 Å². The Labute approximate surface area is 189 Å². The minimum absolute atomic E-state index is 0.0219. The maximum absolute atomic E-state index is 14.1. The summed E-state index contributed by atoms with van der Waals surface area (Å²) in [7, 11) is 0. The van der Waals surface area contributed by atoms with Crippen LogP contribution in [0.3, 0.4) is 0 Å². The van der Waals surface area contributed by atoms with E-state index < -0.39 is 42.9 Å². The molecular weight excluding hydrogens is 465 g/mol. The molecule has 0 aliphatic carbocycles. The number of nitrogens with one attached hydrogen (secondary N) is 2. The molecule has 1 amide bonds. The summed E-state index contributed by atoms with van der Waals surface area (Å²) >= 11 is 0. The Morgan fingerprint density at radius 3 is 2.82 bits per heavy atom. The third-order valence-electron chi connectivity index (χ3n) is 5.36. The van der Waals surface area contributed by atoms with Gasteiger partial charge in [0.05, 0.1) is 18.2 Å². The molecule has 2 N–H and O–H groups in total. The number of fused-ring (bicyclic) bond motifs is 1. The van der Waals surface area contributed by atoms with Crippen molar-refractivity contribution in [2.75, 3.05) is 13.1 Å². The fraction of sp³-hybridized carbons (Fsp3) is 0.318. The number of hydrogen-bond donors (Lipinski definition) is 2. The van der Waals surface area contributed by atoms with E-state index in [2.05, 4.69) is 15.6 Å². The van der Waals surface area contributed by atoms with Crippen LogP contribution in [0, 0.1) is 0 Å². The first-order chi connectivity index (χ1) is 16.1. The van der Waals surface area contributed by atoms with Gasteiger partial charge in [-0.05, 0) is 37.2 Å². The predicted molar refractivity (Wildman–Crippen MR) is 109 cm³/mol. The molecule has 180 valence electrons. The number of alkyl halides is 5. The van der Waals surface area contributed by atoms with E-state index in [1.54, 1.807) is 0 Å². The van der Waals surface area contributed by atoms with E-state index in [-0.39, 0.29) is 52.9 Å². The zero-order valence-electron chi connectivity index (χ0n) is 17.4. The topological polar surface area (TPSA) is 93.5 Å². The normalized spacial score (nSPS) is 18.0. The van der Waals surface area contributed by atoms with Crippen molar-refractivity contribution in [2.45, 2.75) is 31.2 Å². The zero-order valence-corrected chi connectivity index (χ0v) is 17.4. The number of hydrogen-bond acceptors (Lipinski definition) is 6. The maximum atomic E-state index is 14.1. The summed E-state index contributed by atoms with van der Waals surface area (Å²) in [5.74, 6) is -4.42. The van der Waals surface area contributed by atoms with Crippen LogP contribution < -0.4 is 15.4 Å². The first kappa shape index (κ1) is 23.6. The number of aromatic nitrogens is 1. The molecule has 34 heavy (non-hydrogen) atoms. The number of amides is 1. The standard InChI is InChI=1S/C22H18F5N3O4/c23-21(24)11-28-7-5-17(21)30-20(32)18-14-8-13(3-4-15(14)34-16(18)9-31)33-10-12-2-1-6-29-19(12)22(25,26)27/h1-4,6,8-9,17,28H,5,7,10-11H2,(H,30,32). The number of carbonyl (C=O) groups is 2. The van der Waals surface area contributed by atoms with Crippen LogP contribution in [0.15, 0.2) is 40.9 Å². The van der Waals surface area contributed by atoms with Crippen molar-refractivity contribution in [3.8, 4) is 5.75 Å². The lowest BCUT2D eigenvalue weighted by molar-refractivity contribution is -0.142. The van der Waals surface area contributed by atoms with Crippen molar-refractivity contribution in [1.29, 1.82) is 0 Å². The number of rotatable bonds is 6. The second-order valence-electron chi connectivity index (χ2n) is 7.67. The van der Waals surface area contributed by atoms with Gasteiger partial charge < -0.3 is 19.8 Å². The van der Waals surface area contributed by atoms with Crippen LogP contribution in [-0.2, 0) is 12.8 Å². The summed E-state index contributed by atoms with van der Waals surface area (Å²) in [5.41, 5.74) is -1.45. The molecule has 0 radical (unpaired) electrons. The number of ether oxygens (including phenoxy) is 1. The Kier molecular flexibility index (Phi) is 6.26. The lowest BCUT2D eigenvalue weighted by Crippen LogP contribution is -2.57. The Hall–Kier alpha value is -3.54. The summed E-state index contributed by atoms with van der Waals surface area (Å²) in [6, 6.07) is 5.15. The van der Waals surface area contributed by atoms with E-state index in [4.69, 9.17) is 9.15 Å². The fourth-order valence-corrected chi connectivity index (χ4v) is 3.72. The first-order valence-electron chi connectivity index (χ1n) is 10.1. The molecule has 0 saturated carbocycles. The predicted octanol–water partition coefficient (Wildman–Crippen LogP) is 3.97. The van der Waals surface area contributed by atoms with Gasteiger partial charge in [0.2, 0.25) is 0 Å². The van der Waals surface area contributed by atoms with Gasteiger partial charge in [-0.1, -0.05) is 6.07 Å². The SMILES string of the molecule is O=Cc1oc2ccc(OCc3cccnc3C(F)(F)F)cc2c1C(=O)NC1CCNCC1(F)F. The molecule has 0 bridgehead atoms. The summed E-state index contributed by atoms with van der Waals surface area (Å²) in [6.07, 6.45) is -3.40. The maximum Gasteiger partial charge on any atom is 0.433 e. The Bertz CT molecular complexity index is 1220. The second kappa shape index (κ2) is 9.01. The van der Waals surface area contributed by atoms with Crippen LogP contribution in [-0.4, -0.2) is 42.2 Å². The number of halogens is 5. The van der Waals surface area contributed by atoms with E-state index in [0.29, 0.717) is 0 Å². The van der Waals surface area contributed by atoms with Gasteiger partial charge in [-0.2, -0.15) is 13.2 Å². The molecule has 1 fully saturated rings. The number of carbonyl (C=O) groups excluding carboxylic acids is 2. The summed E-state index contributed by atoms with van der Waals surface area (Å²) in [6.45, 7) is -0.800. The van der Waals surface area contributed by atoms with Crippen molar-refractivity contribution in [3.05, 3.63) is 59.1 Å². The molecule has 2 aromatic heterocycles. The molecular formula is C22H18F5N3O4. The van der Waals surface area contributed by atoms with Gasteiger partial charge in [0, 0.05) is 17.1 Å². The molecule has 3 heterocycles. The molecule has 1 aromatic carbocycles. The van der Waals surface area contributed by atoms with E-state index in [0.717, 1.165) is 6.20 Å². The zero-order chi connectivity index (χ0) is 24.5. The van der Waals surface area contributed by atoms with E-state index in [9.17, 15) is 31.5 Å². The van der Waals surface area contributed by atoms with Gasteiger partial charge in [-0.15, -0.1) is 0 Å².